The van der Waals surface area contributed by atoms with Gasteiger partial charge in [0.1, 0.15) is 5.75 Å². The minimum Gasteiger partial charge on any atom is -0.497 e. The first kappa shape index (κ1) is 35.2. The van der Waals surface area contributed by atoms with Crippen LogP contribution in [0.1, 0.15) is 19.4 Å². The first-order valence-electron chi connectivity index (χ1n) is 15.0. The maximum atomic E-state index is 13.7. The van der Waals surface area contributed by atoms with E-state index >= 15 is 0 Å². The number of cyclic esters (lactones) is 1. The van der Waals surface area contributed by atoms with Crippen LogP contribution >= 0.6 is 0 Å². The van der Waals surface area contributed by atoms with Gasteiger partial charge in [-0.1, -0.05) is 50.2 Å². The van der Waals surface area contributed by atoms with E-state index in [9.17, 15) is 27.9 Å². The summed E-state index contributed by atoms with van der Waals surface area (Å²) in [5.74, 6) is -0.220. The molecule has 3 aromatic carbocycles. The van der Waals surface area contributed by atoms with Crippen molar-refractivity contribution in [1.29, 1.82) is 0 Å². The zero-order chi connectivity index (χ0) is 34.1. The number of methoxy groups -OCH3 is 2. The molecule has 0 aliphatic carbocycles. The van der Waals surface area contributed by atoms with Gasteiger partial charge in [0.15, 0.2) is 6.10 Å². The topological polar surface area (TPSA) is 164 Å². The number of aliphatic hydroxyl groups is 1. The van der Waals surface area contributed by atoms with E-state index in [1.807, 2.05) is 44.2 Å². The third-order valence-corrected chi connectivity index (χ3v) is 9.29. The van der Waals surface area contributed by atoms with Gasteiger partial charge in [-0.15, -0.1) is 0 Å². The van der Waals surface area contributed by atoms with E-state index in [-0.39, 0.29) is 36.9 Å². The van der Waals surface area contributed by atoms with E-state index < -0.39 is 46.4 Å². The van der Waals surface area contributed by atoms with Gasteiger partial charge in [-0.2, -0.15) is 4.31 Å². The second-order valence-corrected chi connectivity index (χ2v) is 13.4. The van der Waals surface area contributed by atoms with Crippen molar-refractivity contribution in [3.05, 3.63) is 84.4 Å². The molecule has 14 heteroatoms. The van der Waals surface area contributed by atoms with Crippen molar-refractivity contribution in [2.75, 3.05) is 44.1 Å². The molecule has 1 heterocycles. The molecule has 1 aliphatic rings. The molecular weight excluding hydrogens is 628 g/mol. The highest BCUT2D eigenvalue weighted by atomic mass is 32.2. The third-order valence-electron chi connectivity index (χ3n) is 7.44. The summed E-state index contributed by atoms with van der Waals surface area (Å²) in [7, 11) is -1.32. The second kappa shape index (κ2) is 15.8. The Morgan fingerprint density at radius 3 is 2.36 bits per heavy atom. The van der Waals surface area contributed by atoms with Gasteiger partial charge < -0.3 is 24.6 Å². The van der Waals surface area contributed by atoms with Crippen molar-refractivity contribution in [2.24, 2.45) is 5.92 Å². The van der Waals surface area contributed by atoms with Gasteiger partial charge in [0.25, 0.3) is 5.91 Å². The minimum absolute atomic E-state index is 0.0404. The summed E-state index contributed by atoms with van der Waals surface area (Å²) in [6.45, 7) is 3.42. The number of carbonyl (C=O) groups is 3. The van der Waals surface area contributed by atoms with Crippen molar-refractivity contribution >= 4 is 39.5 Å². The number of ether oxygens (including phenoxy) is 3. The molecule has 1 saturated heterocycles. The van der Waals surface area contributed by atoms with Crippen LogP contribution in [-0.2, 0) is 30.7 Å². The molecule has 0 spiro atoms. The highest BCUT2D eigenvalue weighted by molar-refractivity contribution is 7.89. The molecule has 1 aliphatic heterocycles. The Bertz CT molecular complexity index is 1640. The number of anilines is 2. The monoisotopic (exact) mass is 668 g/mol. The molecule has 4 rings (SSSR count). The van der Waals surface area contributed by atoms with Gasteiger partial charge in [-0.3, -0.25) is 15.0 Å². The van der Waals surface area contributed by atoms with Crippen LogP contribution in [0.2, 0.25) is 0 Å². The Labute approximate surface area is 274 Å². The smallest absolute Gasteiger partial charge is 0.415 e. The quantitative estimate of drug-likeness (QED) is 0.233. The summed E-state index contributed by atoms with van der Waals surface area (Å²) in [4.78, 5) is 39.2. The van der Waals surface area contributed by atoms with Crippen LogP contribution < -0.4 is 20.3 Å². The van der Waals surface area contributed by atoms with Crippen molar-refractivity contribution in [2.45, 2.75) is 43.4 Å². The predicted octanol–water partition coefficient (Wildman–Crippen LogP) is 3.63. The fourth-order valence-corrected chi connectivity index (χ4v) is 6.69. The molecule has 47 heavy (non-hydrogen) atoms. The van der Waals surface area contributed by atoms with Crippen LogP contribution in [-0.4, -0.2) is 88.0 Å². The number of benzene rings is 3. The molecule has 0 radical (unpaired) electrons. The Hall–Kier alpha value is -4.66. The number of amides is 3. The first-order chi connectivity index (χ1) is 22.4. The third kappa shape index (κ3) is 9.21. The molecule has 3 atom stereocenters. The summed E-state index contributed by atoms with van der Waals surface area (Å²) in [6, 6.07) is 20.6. The molecule has 3 aromatic rings. The highest BCUT2D eigenvalue weighted by Gasteiger charge is 2.39. The zero-order valence-electron chi connectivity index (χ0n) is 26.7. The number of nitrogens with one attached hydrogen (secondary N) is 2. The SMILES string of the molecule is COC(=O)Nc1cccc(N2C[C@@H](C(=O)N[C@@H](Cc3ccccc3)[C@H](O)CN(CC(C)C)S(=O)(=O)c3ccc(OC)cc3)OC2=O)c1. The molecule has 3 amide bonds. The molecular formula is C33H40N4O9S. The molecule has 0 bridgehead atoms. The van der Waals surface area contributed by atoms with Gasteiger partial charge in [-0.25, -0.2) is 18.0 Å². The average molecular weight is 669 g/mol. The number of nitrogens with zero attached hydrogens (tertiary/aromatic N) is 2. The highest BCUT2D eigenvalue weighted by Crippen LogP contribution is 2.26. The largest absolute Gasteiger partial charge is 0.497 e. The van der Waals surface area contributed by atoms with Crippen LogP contribution in [0.15, 0.2) is 83.8 Å². The molecule has 0 aromatic heterocycles. The fraction of sp³-hybridized carbons (Fsp3) is 0.364. The summed E-state index contributed by atoms with van der Waals surface area (Å²) in [5.41, 5.74) is 1.55. The number of aliphatic hydroxyl groups excluding tert-OH is 1. The van der Waals surface area contributed by atoms with Gasteiger partial charge in [0.2, 0.25) is 10.0 Å². The standard InChI is InChI=1S/C33H40N4O9S/c1-22(2)19-36(47(42,43)27-15-13-26(44-3)14-16-27)20-29(38)28(17-23-9-6-5-7-10-23)35-31(39)30-21-37(33(41)46-30)25-12-8-11-24(18-25)34-32(40)45-4/h5-16,18,22,28-30,38H,17,19-21H2,1-4H3,(H,34,40)(H,35,39)/t28-,29+,30-/m0/s1. The Morgan fingerprint density at radius 1 is 1.02 bits per heavy atom. The van der Waals surface area contributed by atoms with E-state index in [1.165, 1.54) is 41.6 Å². The van der Waals surface area contributed by atoms with E-state index in [2.05, 4.69) is 15.4 Å². The lowest BCUT2D eigenvalue weighted by molar-refractivity contribution is -0.129. The van der Waals surface area contributed by atoms with Crippen LogP contribution in [0.3, 0.4) is 0 Å². The number of hydrogen-bond acceptors (Lipinski definition) is 9. The van der Waals surface area contributed by atoms with Crippen LogP contribution in [0.5, 0.6) is 5.75 Å². The van der Waals surface area contributed by atoms with Gasteiger partial charge >= 0.3 is 12.2 Å². The summed E-state index contributed by atoms with van der Waals surface area (Å²) in [6.07, 6.45) is -3.83. The zero-order valence-corrected chi connectivity index (χ0v) is 27.5. The maximum Gasteiger partial charge on any atom is 0.415 e. The lowest BCUT2D eigenvalue weighted by atomic mass is 10.0. The lowest BCUT2D eigenvalue weighted by Crippen LogP contribution is -2.53. The number of sulfonamides is 1. The molecule has 252 valence electrons. The Kier molecular flexibility index (Phi) is 11.8. The van der Waals surface area contributed by atoms with Crippen molar-refractivity contribution < 1.29 is 42.1 Å². The Morgan fingerprint density at radius 2 is 1.72 bits per heavy atom. The Balaban J connectivity index is 1.53. The van der Waals surface area contributed by atoms with Crippen molar-refractivity contribution in [3.63, 3.8) is 0 Å². The van der Waals surface area contributed by atoms with Gasteiger partial charge in [0.05, 0.1) is 37.8 Å². The second-order valence-electron chi connectivity index (χ2n) is 11.4. The molecule has 3 N–H and O–H groups in total. The molecule has 0 saturated carbocycles. The van der Waals surface area contributed by atoms with Crippen molar-refractivity contribution in [3.8, 4) is 5.75 Å². The maximum absolute atomic E-state index is 13.7. The van der Waals surface area contributed by atoms with Crippen LogP contribution in [0.4, 0.5) is 21.0 Å². The summed E-state index contributed by atoms with van der Waals surface area (Å²) >= 11 is 0. The van der Waals surface area contributed by atoms with Crippen LogP contribution in [0, 0.1) is 5.92 Å². The predicted molar refractivity (Wildman–Crippen MR) is 175 cm³/mol. The molecule has 13 nitrogen and oxygen atoms in total. The van der Waals surface area contributed by atoms with E-state index in [4.69, 9.17) is 9.47 Å². The first-order valence-corrected chi connectivity index (χ1v) is 16.4. The average Bonchev–Trinajstić information content (AvgIpc) is 3.46. The van der Waals surface area contributed by atoms with Crippen LogP contribution in [0.25, 0.3) is 0 Å². The van der Waals surface area contributed by atoms with E-state index in [0.29, 0.717) is 17.1 Å². The number of hydrogen-bond donors (Lipinski definition) is 3. The summed E-state index contributed by atoms with van der Waals surface area (Å²) < 4.78 is 43.8. The van der Waals surface area contributed by atoms with Crippen molar-refractivity contribution in [1.82, 2.24) is 9.62 Å². The molecule has 1 fully saturated rings. The molecule has 0 unspecified atom stereocenters. The van der Waals surface area contributed by atoms with Gasteiger partial charge in [0, 0.05) is 24.5 Å². The van der Waals surface area contributed by atoms with Gasteiger partial charge in [-0.05, 0) is 60.4 Å². The number of carbonyl (C=O) groups excluding carboxylic acids is 3. The van der Waals surface area contributed by atoms with E-state index in [0.717, 1.165) is 5.56 Å². The lowest BCUT2D eigenvalue weighted by Gasteiger charge is -2.31. The van der Waals surface area contributed by atoms with E-state index in [1.54, 1.807) is 30.3 Å². The normalized spacial score (nSPS) is 16.0. The fourth-order valence-electron chi connectivity index (χ4n) is 5.07. The number of rotatable bonds is 14. The summed E-state index contributed by atoms with van der Waals surface area (Å²) in [5, 5.41) is 16.9. The minimum atomic E-state index is -4.03.